The molecule has 4 rings (SSSR count). The molecular weight excluding hydrogens is 493 g/mol. The van der Waals surface area contributed by atoms with Gasteiger partial charge in [-0.25, -0.2) is 9.78 Å². The number of ether oxygens (including phenoxy) is 1. The van der Waals surface area contributed by atoms with Crippen molar-refractivity contribution in [2.24, 2.45) is 0 Å². The van der Waals surface area contributed by atoms with Crippen molar-refractivity contribution < 1.29 is 27.8 Å². The summed E-state index contributed by atoms with van der Waals surface area (Å²) in [5, 5.41) is 9.56. The Bertz CT molecular complexity index is 1390. The van der Waals surface area contributed by atoms with E-state index in [0.717, 1.165) is 35.4 Å². The van der Waals surface area contributed by atoms with Crippen LogP contribution in [0.1, 0.15) is 61.4 Å². The zero-order valence-electron chi connectivity index (χ0n) is 21.1. The summed E-state index contributed by atoms with van der Waals surface area (Å²) in [6, 6.07) is 15.4. The molecule has 0 fully saturated rings. The Labute approximate surface area is 219 Å². The van der Waals surface area contributed by atoms with Crippen LogP contribution in [-0.2, 0) is 6.18 Å². The highest BCUT2D eigenvalue weighted by molar-refractivity contribution is 6.03. The van der Waals surface area contributed by atoms with Gasteiger partial charge >= 0.3 is 12.1 Å². The molecule has 0 aliphatic heterocycles. The van der Waals surface area contributed by atoms with Crippen molar-refractivity contribution in [3.8, 4) is 28.3 Å². The molecule has 4 aromatic rings. The third-order valence-corrected chi connectivity index (χ3v) is 6.35. The van der Waals surface area contributed by atoms with Gasteiger partial charge in [-0.1, -0.05) is 57.2 Å². The van der Waals surface area contributed by atoms with Gasteiger partial charge in [-0.15, -0.1) is 0 Å². The fourth-order valence-electron chi connectivity index (χ4n) is 4.24. The Morgan fingerprint density at radius 1 is 0.868 bits per heavy atom. The van der Waals surface area contributed by atoms with Crippen LogP contribution in [0.15, 0.2) is 66.9 Å². The van der Waals surface area contributed by atoms with Crippen molar-refractivity contribution in [1.29, 1.82) is 0 Å². The molecule has 2 heterocycles. The van der Waals surface area contributed by atoms with Gasteiger partial charge < -0.3 is 9.84 Å². The summed E-state index contributed by atoms with van der Waals surface area (Å²) < 4.78 is 45.2. The van der Waals surface area contributed by atoms with Crippen molar-refractivity contribution in [3.63, 3.8) is 0 Å². The third-order valence-electron chi connectivity index (χ3n) is 6.35. The number of benzene rings is 2. The maximum absolute atomic E-state index is 13.1. The maximum atomic E-state index is 13.1. The highest BCUT2D eigenvalue weighted by Crippen LogP contribution is 2.33. The zero-order valence-corrected chi connectivity index (χ0v) is 21.1. The molecule has 2 aromatic carbocycles. The standard InChI is InChI=1S/C30H29F3N2O3/c1-2-3-4-5-6-7-16-38-23-12-8-20(9-13-23)21-10-14-27(34-19-21)28-18-25(29(36)37)24-17-22(30(31,32)33)11-15-26(24)35-28/h8-15,17-19H,2-7,16H2,1H3,(H,36,37). The molecule has 8 heteroatoms. The van der Waals surface area contributed by atoms with E-state index in [2.05, 4.69) is 16.9 Å². The van der Waals surface area contributed by atoms with Gasteiger partial charge in [0.15, 0.2) is 0 Å². The SMILES string of the molecule is CCCCCCCCOc1ccc(-c2ccc(-c3cc(C(=O)O)c4cc(C(F)(F)F)ccc4n3)nc2)cc1. The van der Waals surface area contributed by atoms with Crippen LogP contribution in [0, 0.1) is 0 Å². The molecule has 0 bridgehead atoms. The summed E-state index contributed by atoms with van der Waals surface area (Å²) >= 11 is 0. The lowest BCUT2D eigenvalue weighted by Crippen LogP contribution is -2.06. The first-order valence-corrected chi connectivity index (χ1v) is 12.7. The molecular formula is C30H29F3N2O3. The third kappa shape index (κ3) is 6.68. The predicted molar refractivity (Wildman–Crippen MR) is 141 cm³/mol. The second kappa shape index (κ2) is 12.1. The summed E-state index contributed by atoms with van der Waals surface area (Å²) in [5.41, 5.74) is 1.42. The van der Waals surface area contributed by atoms with E-state index in [1.54, 1.807) is 12.3 Å². The van der Waals surface area contributed by atoms with E-state index in [-0.39, 0.29) is 22.2 Å². The van der Waals surface area contributed by atoms with Crippen molar-refractivity contribution in [3.05, 3.63) is 78.0 Å². The molecule has 5 nitrogen and oxygen atoms in total. The fourth-order valence-corrected chi connectivity index (χ4v) is 4.24. The predicted octanol–water partition coefficient (Wildman–Crippen LogP) is 8.42. The van der Waals surface area contributed by atoms with E-state index in [4.69, 9.17) is 4.74 Å². The number of alkyl halides is 3. The van der Waals surface area contributed by atoms with E-state index >= 15 is 0 Å². The normalized spacial score (nSPS) is 11.6. The van der Waals surface area contributed by atoms with Crippen molar-refractivity contribution in [2.75, 3.05) is 6.61 Å². The molecule has 0 saturated carbocycles. The van der Waals surface area contributed by atoms with E-state index < -0.39 is 17.7 Å². The van der Waals surface area contributed by atoms with Gasteiger partial charge in [0.25, 0.3) is 0 Å². The Kier molecular flexibility index (Phi) is 8.61. The summed E-state index contributed by atoms with van der Waals surface area (Å²) in [5.74, 6) is -0.532. The van der Waals surface area contributed by atoms with Gasteiger partial charge in [-0.05, 0) is 54.4 Å². The number of hydrogen-bond donors (Lipinski definition) is 1. The van der Waals surface area contributed by atoms with Crippen LogP contribution >= 0.6 is 0 Å². The van der Waals surface area contributed by atoms with Crippen LogP contribution in [0.25, 0.3) is 33.4 Å². The molecule has 0 radical (unpaired) electrons. The summed E-state index contributed by atoms with van der Waals surface area (Å²) in [7, 11) is 0. The number of nitrogens with zero attached hydrogens (tertiary/aromatic N) is 2. The molecule has 0 saturated heterocycles. The molecule has 38 heavy (non-hydrogen) atoms. The van der Waals surface area contributed by atoms with E-state index in [9.17, 15) is 23.1 Å². The Morgan fingerprint density at radius 3 is 2.24 bits per heavy atom. The van der Waals surface area contributed by atoms with Crippen molar-refractivity contribution in [2.45, 2.75) is 51.6 Å². The second-order valence-corrected chi connectivity index (χ2v) is 9.16. The lowest BCUT2D eigenvalue weighted by molar-refractivity contribution is -0.137. The zero-order chi connectivity index (χ0) is 27.1. The number of fused-ring (bicyclic) bond motifs is 1. The number of aromatic nitrogens is 2. The van der Waals surface area contributed by atoms with Gasteiger partial charge in [-0.2, -0.15) is 13.2 Å². The van der Waals surface area contributed by atoms with Gasteiger partial charge in [0, 0.05) is 17.1 Å². The van der Waals surface area contributed by atoms with Gasteiger partial charge in [-0.3, -0.25) is 4.98 Å². The number of pyridine rings is 2. The highest BCUT2D eigenvalue weighted by Gasteiger charge is 2.31. The molecule has 0 atom stereocenters. The summed E-state index contributed by atoms with van der Waals surface area (Å²) in [6.45, 7) is 2.90. The lowest BCUT2D eigenvalue weighted by atomic mass is 10.0. The number of carbonyl (C=O) groups is 1. The first-order chi connectivity index (χ1) is 18.3. The van der Waals surface area contributed by atoms with Crippen LogP contribution in [0.3, 0.4) is 0 Å². The highest BCUT2D eigenvalue weighted by atomic mass is 19.4. The molecule has 0 spiro atoms. The number of rotatable bonds is 11. The van der Waals surface area contributed by atoms with E-state index in [0.29, 0.717) is 12.3 Å². The number of unbranched alkanes of at least 4 members (excludes halogenated alkanes) is 5. The second-order valence-electron chi connectivity index (χ2n) is 9.16. The van der Waals surface area contributed by atoms with E-state index in [1.807, 2.05) is 30.3 Å². The largest absolute Gasteiger partial charge is 0.494 e. The summed E-state index contributed by atoms with van der Waals surface area (Å²) in [6.07, 6.45) is 4.31. The van der Waals surface area contributed by atoms with Crippen molar-refractivity contribution >= 4 is 16.9 Å². The van der Waals surface area contributed by atoms with E-state index in [1.165, 1.54) is 44.2 Å². The number of aromatic carboxylic acids is 1. The Hall–Kier alpha value is -3.94. The first kappa shape index (κ1) is 27.1. The molecule has 0 aliphatic carbocycles. The van der Waals surface area contributed by atoms with Crippen molar-refractivity contribution in [1.82, 2.24) is 9.97 Å². The monoisotopic (exact) mass is 522 g/mol. The van der Waals surface area contributed by atoms with Crippen LogP contribution in [0.5, 0.6) is 5.75 Å². The molecule has 198 valence electrons. The topological polar surface area (TPSA) is 72.3 Å². The van der Waals surface area contributed by atoms with Crippen LogP contribution in [-0.4, -0.2) is 27.7 Å². The van der Waals surface area contributed by atoms with Crippen LogP contribution in [0.2, 0.25) is 0 Å². The maximum Gasteiger partial charge on any atom is 0.416 e. The lowest BCUT2D eigenvalue weighted by Gasteiger charge is -2.11. The van der Waals surface area contributed by atoms with Gasteiger partial charge in [0.2, 0.25) is 0 Å². The minimum absolute atomic E-state index is 0.0773. The number of carboxylic acids is 1. The van der Waals surface area contributed by atoms with Crippen LogP contribution in [0.4, 0.5) is 13.2 Å². The molecule has 0 aliphatic rings. The smallest absolute Gasteiger partial charge is 0.416 e. The van der Waals surface area contributed by atoms with Gasteiger partial charge in [0.05, 0.1) is 34.6 Å². The number of halogens is 3. The molecule has 0 unspecified atom stereocenters. The average Bonchev–Trinajstić information content (AvgIpc) is 2.91. The minimum Gasteiger partial charge on any atom is -0.494 e. The van der Waals surface area contributed by atoms with Crippen LogP contribution < -0.4 is 4.74 Å². The molecule has 0 amide bonds. The first-order valence-electron chi connectivity index (χ1n) is 12.7. The molecule has 2 aromatic heterocycles. The Morgan fingerprint density at radius 2 is 1.58 bits per heavy atom. The number of hydrogen-bond acceptors (Lipinski definition) is 4. The number of carboxylic acid groups (broad SMARTS) is 1. The average molecular weight is 523 g/mol. The quantitative estimate of drug-likeness (QED) is 0.200. The van der Waals surface area contributed by atoms with Gasteiger partial charge in [0.1, 0.15) is 5.75 Å². The summed E-state index contributed by atoms with van der Waals surface area (Å²) in [4.78, 5) is 20.6. The minimum atomic E-state index is -4.59. The Balaban J connectivity index is 1.47. The molecule has 1 N–H and O–H groups in total. The fraction of sp³-hybridized carbons (Fsp3) is 0.300.